The molecule has 0 fully saturated rings. The number of carbonyl (C=O) groups is 2. The molecular weight excluding hydrogens is 279 g/mol. The molecular formula is C14H19O5P. The van der Waals surface area contributed by atoms with Crippen LogP contribution < -0.4 is 5.30 Å². The van der Waals surface area contributed by atoms with Crippen LogP contribution in [0.3, 0.4) is 0 Å². The first-order valence-corrected chi connectivity index (χ1v) is 8.21. The van der Waals surface area contributed by atoms with Crippen molar-refractivity contribution < 1.29 is 24.4 Å². The van der Waals surface area contributed by atoms with Gasteiger partial charge in [0.25, 0.3) is 0 Å². The van der Waals surface area contributed by atoms with Crippen LogP contribution in [0.4, 0.5) is 0 Å². The molecule has 5 nitrogen and oxygen atoms in total. The molecule has 0 aliphatic heterocycles. The van der Waals surface area contributed by atoms with Crippen LogP contribution in [0.1, 0.15) is 26.7 Å². The van der Waals surface area contributed by atoms with E-state index in [-0.39, 0.29) is 12.8 Å². The average Bonchev–Trinajstić information content (AvgIpc) is 2.37. The maximum absolute atomic E-state index is 13.4. The van der Waals surface area contributed by atoms with E-state index < -0.39 is 30.4 Å². The van der Waals surface area contributed by atoms with Crippen molar-refractivity contribution in [3.63, 3.8) is 0 Å². The Balaban J connectivity index is 3.22. The van der Waals surface area contributed by atoms with Gasteiger partial charge in [0.05, 0.1) is 12.8 Å². The molecule has 1 aromatic carbocycles. The van der Waals surface area contributed by atoms with Crippen LogP contribution in [0.5, 0.6) is 0 Å². The Morgan fingerprint density at radius 3 is 1.75 bits per heavy atom. The van der Waals surface area contributed by atoms with E-state index in [1.54, 1.807) is 44.2 Å². The number of rotatable bonds is 7. The molecule has 20 heavy (non-hydrogen) atoms. The van der Waals surface area contributed by atoms with E-state index in [0.717, 1.165) is 0 Å². The Labute approximate surface area is 118 Å². The molecule has 0 saturated heterocycles. The standard InChI is InChI=1S/C14H19O5P/c1-10(8-13(15)16)20(19,11(2)9-14(17)18)12-6-4-3-5-7-12/h3-7,10-11H,8-9H2,1-2H3,(H,15,16)(H,17,18). The Bertz CT molecular complexity index is 500. The highest BCUT2D eigenvalue weighted by atomic mass is 31.2. The van der Waals surface area contributed by atoms with E-state index in [0.29, 0.717) is 5.30 Å². The number of carboxylic acid groups (broad SMARTS) is 2. The monoisotopic (exact) mass is 298 g/mol. The predicted molar refractivity (Wildman–Crippen MR) is 77.1 cm³/mol. The van der Waals surface area contributed by atoms with Gasteiger partial charge >= 0.3 is 11.9 Å². The Hall–Kier alpha value is -1.61. The summed E-state index contributed by atoms with van der Waals surface area (Å²) in [5, 5.41) is 18.4. The summed E-state index contributed by atoms with van der Waals surface area (Å²) in [6, 6.07) is 8.58. The average molecular weight is 298 g/mol. The zero-order chi connectivity index (χ0) is 15.3. The first-order valence-electron chi connectivity index (χ1n) is 6.37. The van der Waals surface area contributed by atoms with Gasteiger partial charge in [-0.2, -0.15) is 0 Å². The summed E-state index contributed by atoms with van der Waals surface area (Å²) >= 11 is 0. The molecule has 2 N–H and O–H groups in total. The van der Waals surface area contributed by atoms with Crippen LogP contribution in [0, 0.1) is 0 Å². The van der Waals surface area contributed by atoms with Crippen LogP contribution in [0.25, 0.3) is 0 Å². The van der Waals surface area contributed by atoms with Gasteiger partial charge in [-0.1, -0.05) is 44.2 Å². The summed E-state index contributed by atoms with van der Waals surface area (Å²) in [7, 11) is -3.12. The molecule has 0 aliphatic rings. The van der Waals surface area contributed by atoms with Crippen LogP contribution in [-0.2, 0) is 14.2 Å². The number of carboxylic acids is 2. The van der Waals surface area contributed by atoms with E-state index >= 15 is 0 Å². The molecule has 2 atom stereocenters. The molecule has 0 bridgehead atoms. The second-order valence-electron chi connectivity index (χ2n) is 4.94. The number of aliphatic carboxylic acids is 2. The van der Waals surface area contributed by atoms with Gasteiger partial charge in [-0.05, 0) is 0 Å². The number of benzene rings is 1. The summed E-state index contributed by atoms with van der Waals surface area (Å²) in [5.74, 6) is -2.06. The third-order valence-corrected chi connectivity index (χ3v) is 7.50. The minimum Gasteiger partial charge on any atom is -0.481 e. The molecule has 6 heteroatoms. The lowest BCUT2D eigenvalue weighted by Gasteiger charge is -2.29. The van der Waals surface area contributed by atoms with Crippen LogP contribution in [0.2, 0.25) is 0 Å². The summed E-state index contributed by atoms with van der Waals surface area (Å²) in [6.45, 7) is 3.22. The van der Waals surface area contributed by atoms with Crippen molar-refractivity contribution in [2.75, 3.05) is 0 Å². The van der Waals surface area contributed by atoms with Crippen molar-refractivity contribution in [2.45, 2.75) is 38.0 Å². The van der Waals surface area contributed by atoms with E-state index in [4.69, 9.17) is 10.2 Å². The first kappa shape index (κ1) is 16.4. The van der Waals surface area contributed by atoms with Gasteiger partial charge in [-0.3, -0.25) is 9.59 Å². The van der Waals surface area contributed by atoms with Gasteiger partial charge in [0.15, 0.2) is 0 Å². The normalized spacial score (nSPS) is 16.9. The molecule has 0 amide bonds. The maximum atomic E-state index is 13.4. The van der Waals surface area contributed by atoms with Crippen LogP contribution in [0.15, 0.2) is 30.3 Å². The third-order valence-electron chi connectivity index (χ3n) is 3.41. The summed E-state index contributed by atoms with van der Waals surface area (Å²) in [5.41, 5.74) is -1.20. The van der Waals surface area contributed by atoms with Crippen LogP contribution in [-0.4, -0.2) is 33.5 Å². The fourth-order valence-corrected chi connectivity index (χ4v) is 5.76. The fourth-order valence-electron chi connectivity index (χ4n) is 2.38. The van der Waals surface area contributed by atoms with Crippen molar-refractivity contribution in [2.24, 2.45) is 0 Å². The van der Waals surface area contributed by atoms with Gasteiger partial charge in [-0.25, -0.2) is 0 Å². The largest absolute Gasteiger partial charge is 0.481 e. The van der Waals surface area contributed by atoms with E-state index in [9.17, 15) is 14.2 Å². The highest BCUT2D eigenvalue weighted by molar-refractivity contribution is 7.73. The van der Waals surface area contributed by atoms with Crippen molar-refractivity contribution in [1.82, 2.24) is 0 Å². The Morgan fingerprint density at radius 1 is 1.00 bits per heavy atom. The van der Waals surface area contributed by atoms with Crippen molar-refractivity contribution >= 4 is 24.4 Å². The quantitative estimate of drug-likeness (QED) is 0.754. The van der Waals surface area contributed by atoms with Gasteiger partial charge < -0.3 is 14.8 Å². The summed E-state index contributed by atoms with van der Waals surface area (Å²) in [4.78, 5) is 21.8. The molecule has 0 radical (unpaired) electrons. The van der Waals surface area contributed by atoms with E-state index in [1.807, 2.05) is 0 Å². The smallest absolute Gasteiger partial charge is 0.304 e. The molecule has 1 rings (SSSR count). The topological polar surface area (TPSA) is 91.7 Å². The molecule has 0 aliphatic carbocycles. The lowest BCUT2D eigenvalue weighted by atomic mass is 10.3. The Kier molecular flexibility index (Phi) is 5.52. The SMILES string of the molecule is CC(CC(=O)O)P(=O)(c1ccccc1)C(C)CC(=O)O. The van der Waals surface area contributed by atoms with Crippen molar-refractivity contribution in [3.05, 3.63) is 30.3 Å². The van der Waals surface area contributed by atoms with Crippen LogP contribution >= 0.6 is 7.14 Å². The third kappa shape index (κ3) is 3.70. The fraction of sp³-hybridized carbons (Fsp3) is 0.429. The molecule has 0 spiro atoms. The van der Waals surface area contributed by atoms with Gasteiger partial charge in [0, 0.05) is 16.6 Å². The molecule has 0 aromatic heterocycles. The number of hydrogen-bond donors (Lipinski definition) is 2. The lowest BCUT2D eigenvalue weighted by molar-refractivity contribution is -0.137. The summed E-state index contributed by atoms with van der Waals surface area (Å²) < 4.78 is 13.4. The minimum atomic E-state index is -3.12. The van der Waals surface area contributed by atoms with E-state index in [1.165, 1.54) is 0 Å². The predicted octanol–water partition coefficient (Wildman–Crippen LogP) is 2.40. The summed E-state index contributed by atoms with van der Waals surface area (Å²) in [6.07, 6.45) is -0.480. The molecule has 110 valence electrons. The molecule has 0 saturated carbocycles. The second-order valence-corrected chi connectivity index (χ2v) is 8.64. The molecule has 2 unspecified atom stereocenters. The zero-order valence-electron chi connectivity index (χ0n) is 11.5. The first-order chi connectivity index (χ1) is 9.28. The Morgan fingerprint density at radius 2 is 1.40 bits per heavy atom. The second kappa shape index (κ2) is 6.71. The number of hydrogen-bond acceptors (Lipinski definition) is 3. The van der Waals surface area contributed by atoms with Crippen molar-refractivity contribution in [3.8, 4) is 0 Å². The van der Waals surface area contributed by atoms with Gasteiger partial charge in [0.2, 0.25) is 0 Å². The van der Waals surface area contributed by atoms with E-state index in [2.05, 4.69) is 0 Å². The zero-order valence-corrected chi connectivity index (χ0v) is 12.4. The highest BCUT2D eigenvalue weighted by Crippen LogP contribution is 2.56. The van der Waals surface area contributed by atoms with Gasteiger partial charge in [-0.15, -0.1) is 0 Å². The lowest BCUT2D eigenvalue weighted by Crippen LogP contribution is -2.26. The van der Waals surface area contributed by atoms with Crippen molar-refractivity contribution in [1.29, 1.82) is 0 Å². The highest BCUT2D eigenvalue weighted by Gasteiger charge is 2.39. The van der Waals surface area contributed by atoms with Gasteiger partial charge in [0.1, 0.15) is 7.14 Å². The molecule has 0 heterocycles. The maximum Gasteiger partial charge on any atom is 0.304 e. The molecule has 1 aromatic rings. The minimum absolute atomic E-state index is 0.240.